The molecule has 0 spiro atoms. The number of benzene rings is 4. The van der Waals surface area contributed by atoms with Gasteiger partial charge in [0, 0.05) is 32.5 Å². The van der Waals surface area contributed by atoms with E-state index in [4.69, 9.17) is 9.72 Å². The summed E-state index contributed by atoms with van der Waals surface area (Å²) in [5.74, 6) is 1.42. The van der Waals surface area contributed by atoms with Gasteiger partial charge in [-0.2, -0.15) is 0 Å². The van der Waals surface area contributed by atoms with Crippen LogP contribution in [-0.4, -0.2) is 45.0 Å². The molecule has 0 bridgehead atoms. The summed E-state index contributed by atoms with van der Waals surface area (Å²) in [7, 11) is 0. The minimum atomic E-state index is -1.12. The molecule has 0 radical (unpaired) electrons. The fraction of sp³-hybridized carbons (Fsp3) is 0.303. The second kappa shape index (κ2) is 11.2. The Morgan fingerprint density at radius 3 is 2.41 bits per heavy atom. The van der Waals surface area contributed by atoms with Crippen LogP contribution in [0.5, 0.6) is 5.75 Å². The summed E-state index contributed by atoms with van der Waals surface area (Å²) in [6, 6.07) is 29.0. The van der Waals surface area contributed by atoms with Crippen molar-refractivity contribution in [2.75, 3.05) is 19.7 Å². The largest absolute Gasteiger partial charge is 0.489 e. The lowest BCUT2D eigenvalue weighted by Crippen LogP contribution is -2.55. The number of para-hydroxylation sites is 2. The number of aryl methyl sites for hydroxylation is 1. The molecular weight excluding hydrogens is 489 g/mol. The van der Waals surface area contributed by atoms with E-state index in [-0.39, 0.29) is 12.4 Å². The average Bonchev–Trinajstić information content (AvgIpc) is 3.33. The third-order valence-corrected chi connectivity index (χ3v) is 7.87. The Morgan fingerprint density at radius 2 is 1.59 bits per heavy atom. The van der Waals surface area contributed by atoms with E-state index in [1.54, 1.807) is 0 Å². The molecular formula is C33H34FN3O2. The van der Waals surface area contributed by atoms with Gasteiger partial charge in [-0.15, -0.1) is 0 Å². The van der Waals surface area contributed by atoms with Gasteiger partial charge in [0.1, 0.15) is 24.0 Å². The third-order valence-electron chi connectivity index (χ3n) is 7.87. The van der Waals surface area contributed by atoms with E-state index < -0.39 is 5.72 Å². The van der Waals surface area contributed by atoms with Crippen molar-refractivity contribution < 1.29 is 14.2 Å². The van der Waals surface area contributed by atoms with Crippen molar-refractivity contribution in [2.24, 2.45) is 0 Å². The molecule has 0 amide bonds. The summed E-state index contributed by atoms with van der Waals surface area (Å²) in [4.78, 5) is 7.13. The van der Waals surface area contributed by atoms with Crippen LogP contribution in [0.25, 0.3) is 21.8 Å². The Balaban J connectivity index is 1.25. The van der Waals surface area contributed by atoms with Crippen LogP contribution in [0.2, 0.25) is 0 Å². The zero-order chi connectivity index (χ0) is 26.7. The van der Waals surface area contributed by atoms with Gasteiger partial charge in [-0.25, -0.2) is 9.37 Å². The molecule has 5 aromatic rings. The molecule has 1 aliphatic heterocycles. The minimum absolute atomic E-state index is 0.184. The van der Waals surface area contributed by atoms with Crippen LogP contribution < -0.4 is 4.74 Å². The normalized spacial score (nSPS) is 15.9. The quantitative estimate of drug-likeness (QED) is 0.238. The number of nitrogens with zero attached hydrogens (tertiary/aromatic N) is 3. The smallest absolute Gasteiger partial charge is 0.153 e. The van der Waals surface area contributed by atoms with Crippen LogP contribution in [0.3, 0.4) is 0 Å². The van der Waals surface area contributed by atoms with Crippen LogP contribution in [-0.2, 0) is 13.0 Å². The van der Waals surface area contributed by atoms with Gasteiger partial charge in [-0.05, 0) is 65.6 Å². The van der Waals surface area contributed by atoms with Gasteiger partial charge in [0.2, 0.25) is 0 Å². The number of hydrogen-bond donors (Lipinski definition) is 1. The molecule has 1 aliphatic rings. The molecule has 2 heterocycles. The van der Waals surface area contributed by atoms with Crippen molar-refractivity contribution in [3.05, 3.63) is 108 Å². The van der Waals surface area contributed by atoms with Gasteiger partial charge in [-0.1, -0.05) is 61.0 Å². The predicted octanol–water partition coefficient (Wildman–Crippen LogP) is 6.56. The molecule has 4 aromatic carbocycles. The van der Waals surface area contributed by atoms with Crippen molar-refractivity contribution in [1.29, 1.82) is 0 Å². The lowest BCUT2D eigenvalue weighted by Gasteiger charge is -2.41. The zero-order valence-electron chi connectivity index (χ0n) is 22.1. The highest BCUT2D eigenvalue weighted by Crippen LogP contribution is 2.28. The van der Waals surface area contributed by atoms with Crippen LogP contribution in [0.1, 0.15) is 37.1 Å². The van der Waals surface area contributed by atoms with Gasteiger partial charge in [0.05, 0.1) is 11.0 Å². The highest BCUT2D eigenvalue weighted by molar-refractivity contribution is 5.83. The van der Waals surface area contributed by atoms with E-state index >= 15 is 0 Å². The molecule has 39 heavy (non-hydrogen) atoms. The molecule has 5 nitrogen and oxygen atoms in total. The Hall–Kier alpha value is -3.74. The van der Waals surface area contributed by atoms with Crippen molar-refractivity contribution >= 4 is 21.8 Å². The second-order valence-electron chi connectivity index (χ2n) is 10.6. The van der Waals surface area contributed by atoms with Crippen LogP contribution >= 0.6 is 0 Å². The van der Waals surface area contributed by atoms with Crippen molar-refractivity contribution in [2.45, 2.75) is 44.4 Å². The third kappa shape index (κ3) is 5.68. The number of rotatable bonds is 9. The van der Waals surface area contributed by atoms with Gasteiger partial charge in [0.15, 0.2) is 5.72 Å². The number of likely N-dealkylation sites (tertiary alicyclic amines) is 1. The summed E-state index contributed by atoms with van der Waals surface area (Å²) in [6.45, 7) is 2.47. The van der Waals surface area contributed by atoms with Crippen molar-refractivity contribution in [3.8, 4) is 5.75 Å². The minimum Gasteiger partial charge on any atom is -0.489 e. The van der Waals surface area contributed by atoms with E-state index in [2.05, 4.69) is 33.7 Å². The fourth-order valence-corrected chi connectivity index (χ4v) is 5.66. The lowest BCUT2D eigenvalue weighted by atomic mass is 10.0. The fourth-order valence-electron chi connectivity index (χ4n) is 5.66. The molecule has 1 N–H and O–H groups in total. The Morgan fingerprint density at radius 1 is 0.846 bits per heavy atom. The molecule has 1 atom stereocenters. The van der Waals surface area contributed by atoms with Crippen molar-refractivity contribution in [1.82, 2.24) is 14.5 Å². The summed E-state index contributed by atoms with van der Waals surface area (Å²) >= 11 is 0. The first-order chi connectivity index (χ1) is 19.1. The standard InChI is InChI=1S/C33H34FN3O2/c34-28-15-12-25(13-16-28)23-37-31-11-5-4-10-30(31)35-32(37)18-19-33(38,36-20-6-1-7-21-36)24-39-29-17-14-26-8-2-3-9-27(26)22-29/h2-5,8-17,22,38H,1,6-7,18-21,23-24H2. The summed E-state index contributed by atoms with van der Waals surface area (Å²) in [5, 5.41) is 14.4. The van der Waals surface area contributed by atoms with E-state index in [1.165, 1.54) is 18.6 Å². The Labute approximate surface area is 228 Å². The van der Waals surface area contributed by atoms with E-state index in [0.29, 0.717) is 19.4 Å². The Kier molecular flexibility index (Phi) is 7.31. The Bertz CT molecular complexity index is 1560. The summed E-state index contributed by atoms with van der Waals surface area (Å²) < 4.78 is 22.0. The van der Waals surface area contributed by atoms with Crippen LogP contribution in [0.4, 0.5) is 4.39 Å². The van der Waals surface area contributed by atoms with Gasteiger partial charge >= 0.3 is 0 Å². The van der Waals surface area contributed by atoms with E-state index in [1.807, 2.05) is 54.6 Å². The highest BCUT2D eigenvalue weighted by atomic mass is 19.1. The first kappa shape index (κ1) is 25.5. The number of piperidine rings is 1. The monoisotopic (exact) mass is 523 g/mol. The topological polar surface area (TPSA) is 50.5 Å². The van der Waals surface area contributed by atoms with E-state index in [9.17, 15) is 9.50 Å². The lowest BCUT2D eigenvalue weighted by molar-refractivity contribution is -0.144. The highest BCUT2D eigenvalue weighted by Gasteiger charge is 2.36. The molecule has 6 heteroatoms. The van der Waals surface area contributed by atoms with Crippen molar-refractivity contribution in [3.63, 3.8) is 0 Å². The number of ether oxygens (including phenoxy) is 1. The molecule has 0 saturated carbocycles. The maximum atomic E-state index is 13.5. The first-order valence-electron chi connectivity index (χ1n) is 13.9. The van der Waals surface area contributed by atoms with Gasteiger partial charge in [-0.3, -0.25) is 4.90 Å². The number of aromatic nitrogens is 2. The molecule has 1 aromatic heterocycles. The maximum Gasteiger partial charge on any atom is 0.153 e. The number of hydrogen-bond acceptors (Lipinski definition) is 4. The molecule has 6 rings (SSSR count). The second-order valence-corrected chi connectivity index (χ2v) is 10.6. The van der Waals surface area contributed by atoms with Gasteiger partial charge in [0.25, 0.3) is 0 Å². The van der Waals surface area contributed by atoms with Crippen LogP contribution in [0, 0.1) is 5.82 Å². The molecule has 0 aliphatic carbocycles. The number of aliphatic hydroxyl groups is 1. The van der Waals surface area contributed by atoms with Gasteiger partial charge < -0.3 is 14.4 Å². The molecule has 200 valence electrons. The predicted molar refractivity (Wildman–Crippen MR) is 153 cm³/mol. The summed E-state index contributed by atoms with van der Waals surface area (Å²) in [6.07, 6.45) is 4.41. The van der Waals surface area contributed by atoms with E-state index in [0.717, 1.165) is 64.9 Å². The number of halogens is 1. The number of imidazole rings is 1. The molecule has 1 unspecified atom stereocenters. The zero-order valence-corrected chi connectivity index (χ0v) is 22.1. The first-order valence-corrected chi connectivity index (χ1v) is 13.9. The summed E-state index contributed by atoms with van der Waals surface area (Å²) in [5.41, 5.74) is 1.84. The SMILES string of the molecule is OC(CCc1nc2ccccc2n1Cc1ccc(F)cc1)(COc1ccc2ccccc2c1)N1CCCCC1. The maximum absolute atomic E-state index is 13.5. The molecule has 1 saturated heterocycles. The average molecular weight is 524 g/mol. The van der Waals surface area contributed by atoms with Crippen LogP contribution in [0.15, 0.2) is 91.0 Å². The molecule has 1 fully saturated rings. The number of fused-ring (bicyclic) bond motifs is 2.